The molecule has 0 bridgehead atoms. The largest absolute Gasteiger partial charge is 0.337 e. The van der Waals surface area contributed by atoms with Crippen molar-refractivity contribution < 1.29 is 13.7 Å². The van der Waals surface area contributed by atoms with Crippen LogP contribution in [0.2, 0.25) is 0 Å². The first-order valence-electron chi connectivity index (χ1n) is 8.36. The zero-order valence-electron chi connectivity index (χ0n) is 15.3. The van der Waals surface area contributed by atoms with Crippen LogP contribution in [-0.4, -0.2) is 52.0 Å². The highest BCUT2D eigenvalue weighted by Crippen LogP contribution is 2.22. The number of amides is 1. The molecule has 3 aromatic rings. The summed E-state index contributed by atoms with van der Waals surface area (Å²) in [7, 11) is 5.18. The van der Waals surface area contributed by atoms with Crippen LogP contribution < -0.4 is 0 Å². The Labute approximate surface area is 156 Å². The third-order valence-corrected chi connectivity index (χ3v) is 4.03. The molecule has 1 atom stereocenters. The van der Waals surface area contributed by atoms with Gasteiger partial charge in [0.2, 0.25) is 17.6 Å². The predicted molar refractivity (Wildman–Crippen MR) is 96.8 cm³/mol. The van der Waals surface area contributed by atoms with E-state index in [9.17, 15) is 9.18 Å². The van der Waals surface area contributed by atoms with Crippen molar-refractivity contribution in [3.63, 3.8) is 0 Å². The Morgan fingerprint density at radius 2 is 2.00 bits per heavy atom. The van der Waals surface area contributed by atoms with Crippen LogP contribution in [0.3, 0.4) is 0 Å². The third-order valence-electron chi connectivity index (χ3n) is 4.03. The Kier molecular flexibility index (Phi) is 5.56. The Morgan fingerprint density at radius 1 is 1.19 bits per heavy atom. The van der Waals surface area contributed by atoms with Gasteiger partial charge >= 0.3 is 0 Å². The summed E-state index contributed by atoms with van der Waals surface area (Å²) < 4.78 is 18.8. The highest BCUT2D eigenvalue weighted by Gasteiger charge is 2.27. The average Bonchev–Trinajstić information content (AvgIpc) is 3.11. The molecule has 0 aliphatic carbocycles. The van der Waals surface area contributed by atoms with Crippen molar-refractivity contribution >= 4 is 5.91 Å². The van der Waals surface area contributed by atoms with E-state index in [4.69, 9.17) is 4.52 Å². The molecule has 0 saturated carbocycles. The number of halogens is 1. The molecule has 7 nitrogen and oxygen atoms in total. The first-order chi connectivity index (χ1) is 13.0. The van der Waals surface area contributed by atoms with E-state index in [1.807, 2.05) is 6.07 Å². The monoisotopic (exact) mass is 369 g/mol. The van der Waals surface area contributed by atoms with Crippen molar-refractivity contribution in [3.8, 4) is 11.5 Å². The van der Waals surface area contributed by atoms with Gasteiger partial charge < -0.3 is 9.42 Å². The lowest BCUT2D eigenvalue weighted by Gasteiger charge is -2.28. The molecule has 27 heavy (non-hydrogen) atoms. The number of benzene rings is 1. The van der Waals surface area contributed by atoms with Crippen LogP contribution >= 0.6 is 0 Å². The normalized spacial score (nSPS) is 12.2. The third kappa shape index (κ3) is 4.35. The lowest BCUT2D eigenvalue weighted by Crippen LogP contribution is -2.38. The molecule has 0 fully saturated rings. The number of rotatable bonds is 6. The summed E-state index contributed by atoms with van der Waals surface area (Å²) in [5, 5.41) is 3.90. The van der Waals surface area contributed by atoms with E-state index < -0.39 is 6.04 Å². The summed E-state index contributed by atoms with van der Waals surface area (Å²) >= 11 is 0. The molecule has 2 aromatic heterocycles. The lowest BCUT2D eigenvalue weighted by molar-refractivity contribution is -0.135. The molecule has 0 radical (unpaired) electrons. The van der Waals surface area contributed by atoms with Crippen LogP contribution in [0.4, 0.5) is 4.39 Å². The number of hydrogen-bond acceptors (Lipinski definition) is 6. The predicted octanol–water partition coefficient (Wildman–Crippen LogP) is 2.53. The van der Waals surface area contributed by atoms with Crippen molar-refractivity contribution in [2.45, 2.75) is 12.6 Å². The highest BCUT2D eigenvalue weighted by molar-refractivity contribution is 5.83. The van der Waals surface area contributed by atoms with E-state index in [0.717, 1.165) is 0 Å². The summed E-state index contributed by atoms with van der Waals surface area (Å²) in [6, 6.07) is 10.8. The van der Waals surface area contributed by atoms with E-state index in [1.165, 1.54) is 17.0 Å². The van der Waals surface area contributed by atoms with E-state index >= 15 is 0 Å². The summed E-state index contributed by atoms with van der Waals surface area (Å²) in [6.45, 7) is 0.137. The Bertz CT molecular complexity index is 913. The van der Waals surface area contributed by atoms with Gasteiger partial charge in [-0.15, -0.1) is 0 Å². The average molecular weight is 369 g/mol. The summed E-state index contributed by atoms with van der Waals surface area (Å²) in [5.74, 6) is 0.0684. The zero-order valence-corrected chi connectivity index (χ0v) is 15.3. The minimum absolute atomic E-state index is 0.137. The Hall–Kier alpha value is -3.13. The van der Waals surface area contributed by atoms with Crippen molar-refractivity contribution in [3.05, 3.63) is 65.9 Å². The highest BCUT2D eigenvalue weighted by atomic mass is 19.1. The maximum Gasteiger partial charge on any atom is 0.246 e. The van der Waals surface area contributed by atoms with Crippen LogP contribution in [0.25, 0.3) is 11.5 Å². The van der Waals surface area contributed by atoms with Gasteiger partial charge in [-0.3, -0.25) is 14.7 Å². The second-order valence-electron chi connectivity index (χ2n) is 6.34. The van der Waals surface area contributed by atoms with Gasteiger partial charge in [0.05, 0.1) is 6.54 Å². The van der Waals surface area contributed by atoms with E-state index in [-0.39, 0.29) is 18.3 Å². The minimum Gasteiger partial charge on any atom is -0.337 e. The molecule has 1 amide bonds. The molecule has 0 aliphatic heterocycles. The molecule has 0 N–H and O–H groups in total. The fourth-order valence-electron chi connectivity index (χ4n) is 2.75. The molecular weight excluding hydrogens is 349 g/mol. The topological polar surface area (TPSA) is 75.4 Å². The van der Waals surface area contributed by atoms with Crippen LogP contribution in [0.5, 0.6) is 0 Å². The van der Waals surface area contributed by atoms with Gasteiger partial charge in [-0.1, -0.05) is 23.4 Å². The number of nitrogens with zero attached hydrogens (tertiary/aromatic N) is 5. The number of hydrogen-bond donors (Lipinski definition) is 0. The summed E-state index contributed by atoms with van der Waals surface area (Å²) in [5.41, 5.74) is 1.17. The molecule has 0 spiro atoms. The molecule has 8 heteroatoms. The number of carbonyl (C=O) groups is 1. The minimum atomic E-state index is -0.621. The van der Waals surface area contributed by atoms with E-state index in [0.29, 0.717) is 23.0 Å². The second kappa shape index (κ2) is 8.05. The van der Waals surface area contributed by atoms with Crippen LogP contribution in [-0.2, 0) is 11.3 Å². The number of likely N-dealkylation sites (N-methyl/N-ethyl adjacent to an activating group) is 2. The number of carbonyl (C=O) groups excluding carboxylic acids is 1. The van der Waals surface area contributed by atoms with Crippen LogP contribution in [0.1, 0.15) is 17.5 Å². The molecule has 0 unspecified atom stereocenters. The Morgan fingerprint density at radius 3 is 2.67 bits per heavy atom. The van der Waals surface area contributed by atoms with Crippen LogP contribution in [0.15, 0.2) is 53.2 Å². The van der Waals surface area contributed by atoms with Gasteiger partial charge in [-0.05, 0) is 43.9 Å². The van der Waals surface area contributed by atoms with Crippen molar-refractivity contribution in [1.82, 2.24) is 24.9 Å². The first kappa shape index (κ1) is 18.7. The van der Waals surface area contributed by atoms with Gasteiger partial charge in [0.15, 0.2) is 0 Å². The maximum atomic E-state index is 13.6. The van der Waals surface area contributed by atoms with Crippen molar-refractivity contribution in [2.24, 2.45) is 0 Å². The molecule has 0 aliphatic rings. The summed E-state index contributed by atoms with van der Waals surface area (Å²) in [4.78, 5) is 24.6. The fourth-order valence-corrected chi connectivity index (χ4v) is 2.75. The van der Waals surface area contributed by atoms with E-state index in [1.54, 1.807) is 56.5 Å². The number of pyridine rings is 1. The second-order valence-corrected chi connectivity index (χ2v) is 6.34. The summed E-state index contributed by atoms with van der Waals surface area (Å²) in [6.07, 6.45) is 1.64. The molecule has 3 rings (SSSR count). The van der Waals surface area contributed by atoms with Gasteiger partial charge in [-0.25, -0.2) is 4.39 Å². The van der Waals surface area contributed by atoms with E-state index in [2.05, 4.69) is 15.1 Å². The smallest absolute Gasteiger partial charge is 0.246 e. The van der Waals surface area contributed by atoms with Gasteiger partial charge in [0.1, 0.15) is 17.6 Å². The van der Waals surface area contributed by atoms with Crippen molar-refractivity contribution in [1.29, 1.82) is 0 Å². The SMILES string of the molecule is CN(Cc1nc(-c2ccccn2)no1)C(=O)[C@@H](c1cccc(F)c1)N(C)C. The quantitative estimate of drug-likeness (QED) is 0.665. The first-order valence-corrected chi connectivity index (χ1v) is 8.36. The van der Waals surface area contributed by atoms with Gasteiger partial charge in [-0.2, -0.15) is 4.98 Å². The lowest BCUT2D eigenvalue weighted by atomic mass is 10.0. The Balaban J connectivity index is 1.75. The molecule has 140 valence electrons. The maximum absolute atomic E-state index is 13.6. The molecule has 1 aromatic carbocycles. The standard InChI is InChI=1S/C19H20FN5O2/c1-24(2)17(13-7-6-8-14(20)11-13)19(26)25(3)12-16-22-18(23-27-16)15-9-4-5-10-21-15/h4-11,17H,12H2,1-3H3/t17-/m1/s1. The van der Waals surface area contributed by atoms with Gasteiger partial charge in [0, 0.05) is 13.2 Å². The van der Waals surface area contributed by atoms with Crippen molar-refractivity contribution in [2.75, 3.05) is 21.1 Å². The molecule has 2 heterocycles. The number of aromatic nitrogens is 3. The molecule has 0 saturated heterocycles. The fraction of sp³-hybridized carbons (Fsp3) is 0.263. The molecular formula is C19H20FN5O2. The zero-order chi connectivity index (χ0) is 19.4. The van der Waals surface area contributed by atoms with Crippen LogP contribution in [0, 0.1) is 5.82 Å². The van der Waals surface area contributed by atoms with Gasteiger partial charge in [0.25, 0.3) is 0 Å².